The first-order valence-corrected chi connectivity index (χ1v) is 7.06. The van der Waals surface area contributed by atoms with Gasteiger partial charge in [-0.1, -0.05) is 30.3 Å². The topological polar surface area (TPSA) is 52.6 Å². The number of rotatable bonds is 4. The van der Waals surface area contributed by atoms with E-state index in [4.69, 9.17) is 4.74 Å². The lowest BCUT2D eigenvalue weighted by Gasteiger charge is -2.11. The van der Waals surface area contributed by atoms with Crippen LogP contribution in [0.5, 0.6) is 0 Å². The number of esters is 2. The third-order valence-corrected chi connectivity index (χ3v) is 3.10. The molecule has 0 aliphatic rings. The second-order valence-electron chi connectivity index (χ2n) is 4.87. The van der Waals surface area contributed by atoms with Crippen molar-refractivity contribution in [1.82, 2.24) is 0 Å². The summed E-state index contributed by atoms with van der Waals surface area (Å²) in [4.78, 5) is 23.4. The Kier molecular flexibility index (Phi) is 5.59. The Balaban J connectivity index is 2.32. The Morgan fingerprint density at radius 2 is 1.36 bits per heavy atom. The minimum Gasteiger partial charge on any atom is -0.465 e. The number of ether oxygens (including phenoxy) is 2. The predicted molar refractivity (Wildman–Crippen MR) is 83.7 cm³/mol. The molecule has 0 aliphatic carbocycles. The molecule has 0 fully saturated rings. The highest BCUT2D eigenvalue weighted by Crippen LogP contribution is 2.26. The number of benzene rings is 2. The SMILES string of the molecule is COC(=O)c1ccc(/C(=C\C(F)(F)F)OC(=O)c2ccccc2)cc1. The maximum Gasteiger partial charge on any atom is 0.413 e. The van der Waals surface area contributed by atoms with E-state index >= 15 is 0 Å². The minimum atomic E-state index is -4.69. The molecule has 4 nitrogen and oxygen atoms in total. The van der Waals surface area contributed by atoms with Crippen molar-refractivity contribution in [1.29, 1.82) is 0 Å². The monoisotopic (exact) mass is 350 g/mol. The van der Waals surface area contributed by atoms with E-state index in [0.29, 0.717) is 0 Å². The molecular weight excluding hydrogens is 337 g/mol. The van der Waals surface area contributed by atoms with Crippen LogP contribution in [-0.2, 0) is 9.47 Å². The predicted octanol–water partition coefficient (Wildman–Crippen LogP) is 4.23. The number of alkyl halides is 3. The lowest BCUT2D eigenvalue weighted by Crippen LogP contribution is -2.09. The van der Waals surface area contributed by atoms with E-state index in [1.54, 1.807) is 18.2 Å². The van der Waals surface area contributed by atoms with Crippen LogP contribution in [0.3, 0.4) is 0 Å². The van der Waals surface area contributed by atoms with Gasteiger partial charge in [-0.3, -0.25) is 0 Å². The molecule has 0 atom stereocenters. The van der Waals surface area contributed by atoms with Crippen LogP contribution < -0.4 is 0 Å². The first-order valence-electron chi connectivity index (χ1n) is 7.06. The van der Waals surface area contributed by atoms with Gasteiger partial charge < -0.3 is 9.47 Å². The Hall–Kier alpha value is -3.09. The van der Waals surface area contributed by atoms with E-state index < -0.39 is 23.9 Å². The second kappa shape index (κ2) is 7.65. The van der Waals surface area contributed by atoms with Crippen LogP contribution in [-0.4, -0.2) is 25.2 Å². The van der Waals surface area contributed by atoms with Gasteiger partial charge in [0.25, 0.3) is 0 Å². The molecule has 0 N–H and O–H groups in total. The van der Waals surface area contributed by atoms with E-state index in [1.807, 2.05) is 0 Å². The van der Waals surface area contributed by atoms with Crippen molar-refractivity contribution < 1.29 is 32.2 Å². The zero-order valence-electron chi connectivity index (χ0n) is 13.0. The van der Waals surface area contributed by atoms with Crippen molar-refractivity contribution in [2.45, 2.75) is 6.18 Å². The summed E-state index contributed by atoms with van der Waals surface area (Å²) in [5, 5.41) is 0. The average molecular weight is 350 g/mol. The summed E-state index contributed by atoms with van der Waals surface area (Å²) in [6.07, 6.45) is -4.80. The van der Waals surface area contributed by atoms with Crippen LogP contribution in [0.25, 0.3) is 5.76 Å². The van der Waals surface area contributed by atoms with Gasteiger partial charge >= 0.3 is 18.1 Å². The van der Waals surface area contributed by atoms with Crippen molar-refractivity contribution >= 4 is 17.7 Å². The molecule has 0 aliphatic heterocycles. The van der Waals surface area contributed by atoms with Gasteiger partial charge in [-0.2, -0.15) is 13.2 Å². The zero-order valence-corrected chi connectivity index (χ0v) is 13.0. The molecule has 0 spiro atoms. The highest BCUT2D eigenvalue weighted by Gasteiger charge is 2.27. The maximum atomic E-state index is 12.8. The van der Waals surface area contributed by atoms with E-state index in [2.05, 4.69) is 4.74 Å². The molecule has 0 unspecified atom stereocenters. The van der Waals surface area contributed by atoms with Crippen molar-refractivity contribution in [3.63, 3.8) is 0 Å². The first-order chi connectivity index (χ1) is 11.8. The third kappa shape index (κ3) is 5.20. The van der Waals surface area contributed by atoms with Crippen molar-refractivity contribution in [3.05, 3.63) is 77.4 Å². The largest absolute Gasteiger partial charge is 0.465 e. The van der Waals surface area contributed by atoms with Crippen LogP contribution in [0.15, 0.2) is 60.7 Å². The van der Waals surface area contributed by atoms with Crippen LogP contribution in [0.4, 0.5) is 13.2 Å². The van der Waals surface area contributed by atoms with Gasteiger partial charge in [0.2, 0.25) is 0 Å². The number of hydrogen-bond acceptors (Lipinski definition) is 4. The van der Waals surface area contributed by atoms with Crippen LogP contribution >= 0.6 is 0 Å². The number of allylic oxidation sites excluding steroid dienone is 1. The summed E-state index contributed by atoms with van der Waals surface area (Å²) in [5.74, 6) is -2.22. The van der Waals surface area contributed by atoms with Crippen molar-refractivity contribution in [2.75, 3.05) is 7.11 Å². The summed E-state index contributed by atoms with van der Waals surface area (Å²) in [6.45, 7) is 0. The Labute approximate surface area is 141 Å². The molecule has 2 rings (SSSR count). The number of carbonyl (C=O) groups is 2. The number of carbonyl (C=O) groups excluding carboxylic acids is 2. The molecule has 0 saturated carbocycles. The van der Waals surface area contributed by atoms with Gasteiger partial charge in [0, 0.05) is 5.56 Å². The Bertz CT molecular complexity index is 778. The number of halogens is 3. The minimum absolute atomic E-state index is 0.00532. The fraction of sp³-hybridized carbons (Fsp3) is 0.111. The molecule has 0 radical (unpaired) electrons. The molecule has 25 heavy (non-hydrogen) atoms. The van der Waals surface area contributed by atoms with Crippen molar-refractivity contribution in [2.24, 2.45) is 0 Å². The number of methoxy groups -OCH3 is 1. The van der Waals surface area contributed by atoms with E-state index in [1.165, 1.54) is 43.5 Å². The normalized spacial score (nSPS) is 11.8. The molecule has 0 heterocycles. The average Bonchev–Trinajstić information content (AvgIpc) is 2.60. The van der Waals surface area contributed by atoms with Crippen LogP contribution in [0, 0.1) is 0 Å². The molecule has 0 amide bonds. The Morgan fingerprint density at radius 3 is 1.88 bits per heavy atom. The lowest BCUT2D eigenvalue weighted by molar-refractivity contribution is -0.0802. The molecule has 130 valence electrons. The first kappa shape index (κ1) is 18.3. The van der Waals surface area contributed by atoms with Gasteiger partial charge in [-0.15, -0.1) is 0 Å². The fourth-order valence-electron chi connectivity index (χ4n) is 1.94. The standard InChI is InChI=1S/C18H13F3O4/c1-24-16(22)14-9-7-12(8-10-14)15(11-18(19,20)21)25-17(23)13-5-3-2-4-6-13/h2-11H,1H3/b15-11+. The summed E-state index contributed by atoms with van der Waals surface area (Å²) in [7, 11) is 1.19. The lowest BCUT2D eigenvalue weighted by atomic mass is 10.1. The smallest absolute Gasteiger partial charge is 0.413 e. The highest BCUT2D eigenvalue weighted by atomic mass is 19.4. The molecule has 0 saturated heterocycles. The van der Waals surface area contributed by atoms with Crippen LogP contribution in [0.2, 0.25) is 0 Å². The van der Waals surface area contributed by atoms with Crippen molar-refractivity contribution in [3.8, 4) is 0 Å². The molecule has 0 aromatic heterocycles. The molecular formula is C18H13F3O4. The summed E-state index contributed by atoms with van der Waals surface area (Å²) in [5.41, 5.74) is 0.267. The maximum absolute atomic E-state index is 12.8. The van der Waals surface area contributed by atoms with Gasteiger partial charge in [-0.25, -0.2) is 9.59 Å². The third-order valence-electron chi connectivity index (χ3n) is 3.10. The second-order valence-corrected chi connectivity index (χ2v) is 4.87. The van der Waals surface area contributed by atoms with Gasteiger partial charge in [0.15, 0.2) is 0 Å². The Morgan fingerprint density at radius 1 is 0.840 bits per heavy atom. The summed E-state index contributed by atoms with van der Waals surface area (Å²) >= 11 is 0. The van der Waals surface area contributed by atoms with Crippen LogP contribution in [0.1, 0.15) is 26.3 Å². The highest BCUT2D eigenvalue weighted by molar-refractivity contribution is 5.93. The van der Waals surface area contributed by atoms with Gasteiger partial charge in [-0.05, 0) is 24.3 Å². The van der Waals surface area contributed by atoms with E-state index in [0.717, 1.165) is 0 Å². The van der Waals surface area contributed by atoms with E-state index in [-0.39, 0.29) is 22.8 Å². The van der Waals surface area contributed by atoms with Gasteiger partial charge in [0.1, 0.15) is 5.76 Å². The molecule has 2 aromatic rings. The van der Waals surface area contributed by atoms with Gasteiger partial charge in [0.05, 0.1) is 24.3 Å². The summed E-state index contributed by atoms with van der Waals surface area (Å²) in [6, 6.07) is 12.7. The van der Waals surface area contributed by atoms with E-state index in [9.17, 15) is 22.8 Å². The zero-order chi connectivity index (χ0) is 18.4. The molecule has 7 heteroatoms. The summed E-state index contributed by atoms with van der Waals surface area (Å²) < 4.78 is 47.7. The molecule has 0 bridgehead atoms. The fourth-order valence-corrected chi connectivity index (χ4v) is 1.94. The quantitative estimate of drug-likeness (QED) is 0.612. The number of hydrogen-bond donors (Lipinski definition) is 0. The molecule has 2 aromatic carbocycles.